The van der Waals surface area contributed by atoms with Crippen molar-refractivity contribution in [3.05, 3.63) is 58.6 Å². The number of aryl methyl sites for hydroxylation is 1. The van der Waals surface area contributed by atoms with Gasteiger partial charge < -0.3 is 10.6 Å². The molecule has 1 unspecified atom stereocenters. The second kappa shape index (κ2) is 8.42. The van der Waals surface area contributed by atoms with Crippen molar-refractivity contribution in [3.63, 3.8) is 0 Å². The summed E-state index contributed by atoms with van der Waals surface area (Å²) in [6.45, 7) is 2.76. The first-order valence-electron chi connectivity index (χ1n) is 9.01. The lowest BCUT2D eigenvalue weighted by Gasteiger charge is -2.15. The van der Waals surface area contributed by atoms with E-state index in [1.165, 1.54) is 18.5 Å². The lowest BCUT2D eigenvalue weighted by atomic mass is 10.2. The van der Waals surface area contributed by atoms with Crippen molar-refractivity contribution in [1.29, 1.82) is 0 Å². The van der Waals surface area contributed by atoms with Crippen molar-refractivity contribution in [3.8, 4) is 0 Å². The largest absolute Gasteiger partial charge is 0.436 e. The molecule has 2 heterocycles. The lowest BCUT2D eigenvalue weighted by molar-refractivity contribution is -0.141. The van der Waals surface area contributed by atoms with E-state index < -0.39 is 34.7 Å². The van der Waals surface area contributed by atoms with Crippen LogP contribution in [0, 0.1) is 6.92 Å². The maximum atomic E-state index is 13.0. The number of amides is 2. The molecule has 0 radical (unpaired) electrons. The fourth-order valence-electron chi connectivity index (χ4n) is 2.78. The summed E-state index contributed by atoms with van der Waals surface area (Å²) in [5, 5.41) is 12.2. The molecule has 0 spiro atoms. The molecule has 2 N–H and O–H groups in total. The van der Waals surface area contributed by atoms with Crippen LogP contribution < -0.4 is 10.6 Å². The zero-order valence-electron chi connectivity index (χ0n) is 16.7. The molecule has 12 heteroatoms. The van der Waals surface area contributed by atoms with Gasteiger partial charge in [0, 0.05) is 24.6 Å². The quantitative estimate of drug-likeness (QED) is 0.608. The molecular weight excluding hydrogens is 437 g/mol. The molecule has 8 nitrogen and oxygen atoms in total. The third-order valence-corrected chi connectivity index (χ3v) is 4.90. The minimum atomic E-state index is -4.72. The zero-order chi connectivity index (χ0) is 22.9. The Hall–Kier alpha value is -3.34. The van der Waals surface area contributed by atoms with Crippen LogP contribution in [0.5, 0.6) is 0 Å². The summed E-state index contributed by atoms with van der Waals surface area (Å²) < 4.78 is 41.4. The summed E-state index contributed by atoms with van der Waals surface area (Å²) in [5.74, 6) is -0.973. The van der Waals surface area contributed by atoms with Gasteiger partial charge in [0.25, 0.3) is 5.91 Å². The SMILES string of the molecule is Cc1c(Cl)c(C(F)(F)F)nn1C(C)C(=O)Nc1ccc(NC(=O)c2ccn(C)n2)cc1. The Morgan fingerprint density at radius 3 is 2.13 bits per heavy atom. The number of carbonyl (C=O) groups is 2. The van der Waals surface area contributed by atoms with E-state index in [1.807, 2.05) is 0 Å². The van der Waals surface area contributed by atoms with Crippen LogP contribution in [0.4, 0.5) is 24.5 Å². The summed E-state index contributed by atoms with van der Waals surface area (Å²) in [4.78, 5) is 24.6. The van der Waals surface area contributed by atoms with Crippen LogP contribution in [0.2, 0.25) is 5.02 Å². The zero-order valence-corrected chi connectivity index (χ0v) is 17.4. The number of halogens is 4. The number of alkyl halides is 3. The van der Waals surface area contributed by atoms with E-state index in [2.05, 4.69) is 20.8 Å². The standard InChI is InChI=1S/C19H18ClF3N6O2/c1-10-15(20)16(19(21,22)23)27-29(10)11(2)17(30)24-12-4-6-13(7-5-12)25-18(31)14-8-9-28(3)26-14/h4-9,11H,1-3H3,(H,24,30)(H,25,31). The summed E-state index contributed by atoms with van der Waals surface area (Å²) >= 11 is 5.74. The van der Waals surface area contributed by atoms with Gasteiger partial charge in [-0.3, -0.25) is 19.0 Å². The van der Waals surface area contributed by atoms with Crippen molar-refractivity contribution in [2.45, 2.75) is 26.1 Å². The number of nitrogens with zero attached hydrogens (tertiary/aromatic N) is 4. The monoisotopic (exact) mass is 454 g/mol. The third-order valence-electron chi connectivity index (χ3n) is 4.45. The number of anilines is 2. The van der Waals surface area contributed by atoms with E-state index in [4.69, 9.17) is 11.6 Å². The summed E-state index contributed by atoms with van der Waals surface area (Å²) in [5.41, 5.74) is -0.0884. The number of rotatable bonds is 5. The van der Waals surface area contributed by atoms with Crippen LogP contribution >= 0.6 is 11.6 Å². The van der Waals surface area contributed by atoms with Gasteiger partial charge >= 0.3 is 6.18 Å². The Morgan fingerprint density at radius 1 is 1.06 bits per heavy atom. The third kappa shape index (κ3) is 4.88. The molecule has 0 bridgehead atoms. The van der Waals surface area contributed by atoms with E-state index in [-0.39, 0.29) is 11.4 Å². The highest BCUT2D eigenvalue weighted by Crippen LogP contribution is 2.36. The molecule has 2 aromatic heterocycles. The lowest BCUT2D eigenvalue weighted by Crippen LogP contribution is -2.25. The molecule has 164 valence electrons. The van der Waals surface area contributed by atoms with Crippen LogP contribution in [0.1, 0.15) is 34.8 Å². The van der Waals surface area contributed by atoms with Crippen LogP contribution in [-0.4, -0.2) is 31.4 Å². The normalized spacial score (nSPS) is 12.5. The number of carbonyl (C=O) groups excluding carboxylic acids is 2. The molecule has 3 aromatic rings. The highest BCUT2D eigenvalue weighted by molar-refractivity contribution is 6.32. The van der Waals surface area contributed by atoms with Crippen molar-refractivity contribution >= 4 is 34.8 Å². The molecule has 2 amide bonds. The average Bonchev–Trinajstić information content (AvgIpc) is 3.26. The van der Waals surface area contributed by atoms with Gasteiger partial charge in [0.2, 0.25) is 5.91 Å². The van der Waals surface area contributed by atoms with Gasteiger partial charge in [-0.25, -0.2) is 0 Å². The first kappa shape index (κ1) is 22.3. The maximum Gasteiger partial charge on any atom is 0.436 e. The van der Waals surface area contributed by atoms with Crippen LogP contribution in [0.3, 0.4) is 0 Å². The smallest absolute Gasteiger partial charge is 0.324 e. The van der Waals surface area contributed by atoms with Crippen molar-refractivity contribution < 1.29 is 22.8 Å². The summed E-state index contributed by atoms with van der Waals surface area (Å²) in [6, 6.07) is 6.75. The van der Waals surface area contributed by atoms with E-state index in [9.17, 15) is 22.8 Å². The Bertz CT molecular complexity index is 1120. The molecule has 31 heavy (non-hydrogen) atoms. The highest BCUT2D eigenvalue weighted by atomic mass is 35.5. The molecule has 1 aromatic carbocycles. The second-order valence-electron chi connectivity index (χ2n) is 6.76. The minimum absolute atomic E-state index is 0.0317. The van der Waals surface area contributed by atoms with Crippen LogP contribution in [0.15, 0.2) is 36.5 Å². The van der Waals surface area contributed by atoms with Gasteiger partial charge in [0.15, 0.2) is 11.4 Å². The van der Waals surface area contributed by atoms with Crippen molar-refractivity contribution in [2.75, 3.05) is 10.6 Å². The fourth-order valence-corrected chi connectivity index (χ4v) is 3.01. The number of nitrogens with one attached hydrogen (secondary N) is 2. The molecule has 0 aliphatic heterocycles. The summed E-state index contributed by atoms with van der Waals surface area (Å²) in [7, 11) is 1.69. The van der Waals surface area contributed by atoms with Gasteiger partial charge in [0.1, 0.15) is 6.04 Å². The topological polar surface area (TPSA) is 93.8 Å². The Balaban J connectivity index is 1.67. The molecular formula is C19H18ClF3N6O2. The number of benzene rings is 1. The Labute approximate surface area is 180 Å². The van der Waals surface area contributed by atoms with Gasteiger partial charge in [-0.05, 0) is 44.2 Å². The van der Waals surface area contributed by atoms with E-state index in [0.29, 0.717) is 11.4 Å². The predicted octanol–water partition coefficient (Wildman–Crippen LogP) is 4.05. The first-order valence-corrected chi connectivity index (χ1v) is 9.39. The average molecular weight is 455 g/mol. The molecule has 1 atom stereocenters. The van der Waals surface area contributed by atoms with Crippen molar-refractivity contribution in [2.24, 2.45) is 7.05 Å². The summed E-state index contributed by atoms with van der Waals surface area (Å²) in [6.07, 6.45) is -3.08. The van der Waals surface area contributed by atoms with Crippen LogP contribution in [0.25, 0.3) is 0 Å². The molecule has 0 saturated heterocycles. The second-order valence-corrected chi connectivity index (χ2v) is 7.14. The molecule has 3 rings (SSSR count). The van der Waals surface area contributed by atoms with Gasteiger partial charge in [-0.2, -0.15) is 23.4 Å². The number of hydrogen-bond donors (Lipinski definition) is 2. The fraction of sp³-hybridized carbons (Fsp3) is 0.263. The Morgan fingerprint density at radius 2 is 1.65 bits per heavy atom. The van der Waals surface area contributed by atoms with Gasteiger partial charge in [-0.1, -0.05) is 11.6 Å². The van der Waals surface area contributed by atoms with Gasteiger partial charge in [-0.15, -0.1) is 0 Å². The van der Waals surface area contributed by atoms with E-state index in [0.717, 1.165) is 4.68 Å². The maximum absolute atomic E-state index is 13.0. The van der Waals surface area contributed by atoms with E-state index >= 15 is 0 Å². The Kier molecular flexibility index (Phi) is 6.07. The minimum Gasteiger partial charge on any atom is -0.324 e. The van der Waals surface area contributed by atoms with E-state index in [1.54, 1.807) is 43.6 Å². The predicted molar refractivity (Wildman–Crippen MR) is 108 cm³/mol. The molecule has 0 aliphatic carbocycles. The molecule has 0 saturated carbocycles. The van der Waals surface area contributed by atoms with Crippen LogP contribution in [-0.2, 0) is 18.0 Å². The number of aromatic nitrogens is 4. The van der Waals surface area contributed by atoms with Gasteiger partial charge in [0.05, 0.1) is 10.7 Å². The molecule has 0 aliphatic rings. The van der Waals surface area contributed by atoms with Crippen molar-refractivity contribution in [1.82, 2.24) is 19.6 Å². The highest BCUT2D eigenvalue weighted by Gasteiger charge is 2.39. The molecule has 0 fully saturated rings. The first-order chi connectivity index (χ1) is 14.5. The number of hydrogen-bond acceptors (Lipinski definition) is 4.